The third-order valence-electron chi connectivity index (χ3n) is 3.96. The van der Waals surface area contributed by atoms with E-state index < -0.39 is 17.5 Å². The van der Waals surface area contributed by atoms with Gasteiger partial charge in [0, 0.05) is 7.11 Å². The number of aliphatic hydroxyl groups excluding tert-OH is 1. The number of aliphatic hydroxyl groups is 1. The molecule has 0 saturated heterocycles. The van der Waals surface area contributed by atoms with Crippen molar-refractivity contribution in [3.63, 3.8) is 0 Å². The van der Waals surface area contributed by atoms with Crippen LogP contribution >= 0.6 is 0 Å². The first-order valence-corrected chi connectivity index (χ1v) is 6.44. The summed E-state index contributed by atoms with van der Waals surface area (Å²) in [5.74, 6) is -0.277. The number of carbonyl (C=O) groups is 1. The van der Waals surface area contributed by atoms with Crippen LogP contribution < -0.4 is 0 Å². The van der Waals surface area contributed by atoms with Crippen LogP contribution in [0.3, 0.4) is 0 Å². The molecule has 0 aromatic rings. The van der Waals surface area contributed by atoms with Gasteiger partial charge in [0.05, 0.1) is 18.1 Å². The molecule has 1 saturated carbocycles. The topological polar surface area (TPSA) is 66.8 Å². The minimum atomic E-state index is -0.759. The summed E-state index contributed by atoms with van der Waals surface area (Å²) in [7, 11) is 1.52. The molecule has 1 aliphatic carbocycles. The van der Waals surface area contributed by atoms with E-state index in [1.54, 1.807) is 0 Å². The summed E-state index contributed by atoms with van der Waals surface area (Å²) in [5, 5.41) is 19.3. The van der Waals surface area contributed by atoms with E-state index in [2.05, 4.69) is 6.92 Å². The predicted octanol–water partition coefficient (Wildman–Crippen LogP) is 2.05. The van der Waals surface area contributed by atoms with Gasteiger partial charge in [0.25, 0.3) is 0 Å². The minimum absolute atomic E-state index is 0.214. The molecule has 0 radical (unpaired) electrons. The second-order valence-corrected chi connectivity index (χ2v) is 5.27. The van der Waals surface area contributed by atoms with Crippen LogP contribution in [-0.2, 0) is 9.53 Å². The number of aliphatic carboxylic acids is 1. The van der Waals surface area contributed by atoms with E-state index in [0.29, 0.717) is 25.2 Å². The fraction of sp³-hybridized carbons (Fsp3) is 0.923. The van der Waals surface area contributed by atoms with Gasteiger partial charge in [-0.3, -0.25) is 4.79 Å². The Kier molecular flexibility index (Phi) is 5.40. The van der Waals surface area contributed by atoms with Crippen LogP contribution in [0.15, 0.2) is 0 Å². The molecule has 0 spiro atoms. The molecule has 3 unspecified atom stereocenters. The molecule has 1 rings (SSSR count). The molecule has 1 fully saturated rings. The minimum Gasteiger partial charge on any atom is -0.481 e. The molecule has 2 N–H and O–H groups in total. The van der Waals surface area contributed by atoms with Crippen LogP contribution in [-0.4, -0.2) is 36.0 Å². The molecule has 3 atom stereocenters. The van der Waals surface area contributed by atoms with E-state index >= 15 is 0 Å². The first-order chi connectivity index (χ1) is 8.04. The quantitative estimate of drug-likeness (QED) is 0.750. The monoisotopic (exact) mass is 244 g/mol. The summed E-state index contributed by atoms with van der Waals surface area (Å²) in [6.07, 6.45) is 4.10. The van der Waals surface area contributed by atoms with E-state index in [0.717, 1.165) is 19.3 Å². The number of hydrogen-bond acceptors (Lipinski definition) is 3. The average Bonchev–Trinajstić information content (AvgIpc) is 2.29. The maximum absolute atomic E-state index is 11.5. The summed E-state index contributed by atoms with van der Waals surface area (Å²) in [4.78, 5) is 11.5. The standard InChI is InChI=1S/C13H24O4/c1-3-10-5-4-6-13(7-10,12(15)16)8-11(14)9-17-2/h10-11,14H,3-9H2,1-2H3,(H,15,16). The normalized spacial score (nSPS) is 31.1. The molecule has 4 heteroatoms. The maximum Gasteiger partial charge on any atom is 0.309 e. The number of methoxy groups -OCH3 is 1. The van der Waals surface area contributed by atoms with Crippen LogP contribution in [0, 0.1) is 11.3 Å². The van der Waals surface area contributed by atoms with Crippen molar-refractivity contribution in [1.29, 1.82) is 0 Å². The Balaban J connectivity index is 2.71. The highest BCUT2D eigenvalue weighted by atomic mass is 16.5. The van der Waals surface area contributed by atoms with Gasteiger partial charge in [-0.1, -0.05) is 26.2 Å². The van der Waals surface area contributed by atoms with E-state index in [1.807, 2.05) is 0 Å². The van der Waals surface area contributed by atoms with Crippen molar-refractivity contribution < 1.29 is 19.7 Å². The van der Waals surface area contributed by atoms with E-state index in [1.165, 1.54) is 7.11 Å². The van der Waals surface area contributed by atoms with Crippen LogP contribution in [0.5, 0.6) is 0 Å². The Hall–Kier alpha value is -0.610. The molecule has 0 heterocycles. The van der Waals surface area contributed by atoms with Crippen molar-refractivity contribution in [1.82, 2.24) is 0 Å². The Morgan fingerprint density at radius 1 is 1.59 bits per heavy atom. The van der Waals surface area contributed by atoms with Crippen molar-refractivity contribution in [2.45, 2.75) is 51.6 Å². The van der Waals surface area contributed by atoms with Gasteiger partial charge in [-0.25, -0.2) is 0 Å². The number of carboxylic acid groups (broad SMARTS) is 1. The highest BCUT2D eigenvalue weighted by Gasteiger charge is 2.43. The second-order valence-electron chi connectivity index (χ2n) is 5.27. The van der Waals surface area contributed by atoms with Gasteiger partial charge in [-0.15, -0.1) is 0 Å². The Morgan fingerprint density at radius 3 is 2.82 bits per heavy atom. The predicted molar refractivity (Wildman–Crippen MR) is 64.8 cm³/mol. The molecule has 100 valence electrons. The first-order valence-electron chi connectivity index (χ1n) is 6.44. The molecule has 1 aliphatic rings. The zero-order valence-corrected chi connectivity index (χ0v) is 10.8. The summed E-state index contributed by atoms with van der Waals surface area (Å²) in [5.41, 5.74) is -0.739. The van der Waals surface area contributed by atoms with Crippen LogP contribution in [0.2, 0.25) is 0 Å². The first kappa shape index (κ1) is 14.5. The highest BCUT2D eigenvalue weighted by Crippen LogP contribution is 2.44. The number of hydrogen-bond donors (Lipinski definition) is 2. The van der Waals surface area contributed by atoms with Crippen molar-refractivity contribution in [2.75, 3.05) is 13.7 Å². The Morgan fingerprint density at radius 2 is 2.29 bits per heavy atom. The summed E-state index contributed by atoms with van der Waals surface area (Å²) in [6.45, 7) is 2.32. The van der Waals surface area contributed by atoms with Crippen LogP contribution in [0.4, 0.5) is 0 Å². The Bertz CT molecular complexity index is 254. The van der Waals surface area contributed by atoms with E-state index in [-0.39, 0.29) is 6.61 Å². The summed E-state index contributed by atoms with van der Waals surface area (Å²) < 4.78 is 4.88. The Labute approximate surface area is 103 Å². The molecule has 4 nitrogen and oxygen atoms in total. The van der Waals surface area contributed by atoms with Gasteiger partial charge in [-0.2, -0.15) is 0 Å². The molecule has 0 aliphatic heterocycles. The molecule has 0 amide bonds. The molecule has 0 bridgehead atoms. The van der Waals surface area contributed by atoms with Gasteiger partial charge in [0.1, 0.15) is 0 Å². The zero-order chi connectivity index (χ0) is 12.9. The zero-order valence-electron chi connectivity index (χ0n) is 10.8. The third kappa shape index (κ3) is 3.68. The van der Waals surface area contributed by atoms with Crippen LogP contribution in [0.1, 0.15) is 45.4 Å². The average molecular weight is 244 g/mol. The van der Waals surface area contributed by atoms with E-state index in [4.69, 9.17) is 4.74 Å². The lowest BCUT2D eigenvalue weighted by Gasteiger charge is -2.38. The lowest BCUT2D eigenvalue weighted by Crippen LogP contribution is -2.40. The van der Waals surface area contributed by atoms with Gasteiger partial charge in [0.2, 0.25) is 0 Å². The van der Waals surface area contributed by atoms with Gasteiger partial charge in [-0.05, 0) is 25.2 Å². The maximum atomic E-state index is 11.5. The van der Waals surface area contributed by atoms with Crippen molar-refractivity contribution in [3.8, 4) is 0 Å². The number of ether oxygens (including phenoxy) is 1. The van der Waals surface area contributed by atoms with Crippen molar-refractivity contribution >= 4 is 5.97 Å². The number of rotatable bonds is 6. The molecule has 17 heavy (non-hydrogen) atoms. The van der Waals surface area contributed by atoms with E-state index in [9.17, 15) is 15.0 Å². The molecular weight excluding hydrogens is 220 g/mol. The fourth-order valence-electron chi connectivity index (χ4n) is 3.00. The smallest absolute Gasteiger partial charge is 0.309 e. The fourth-order valence-corrected chi connectivity index (χ4v) is 3.00. The molecular formula is C13H24O4. The van der Waals surface area contributed by atoms with Gasteiger partial charge in [0.15, 0.2) is 0 Å². The second kappa shape index (κ2) is 6.36. The summed E-state index contributed by atoms with van der Waals surface area (Å²) in [6, 6.07) is 0. The van der Waals surface area contributed by atoms with Gasteiger partial charge < -0.3 is 14.9 Å². The largest absolute Gasteiger partial charge is 0.481 e. The molecule has 0 aromatic carbocycles. The van der Waals surface area contributed by atoms with Crippen molar-refractivity contribution in [3.05, 3.63) is 0 Å². The third-order valence-corrected chi connectivity index (χ3v) is 3.96. The van der Waals surface area contributed by atoms with Gasteiger partial charge >= 0.3 is 5.97 Å². The SMILES string of the molecule is CCC1CCCC(CC(O)COC)(C(=O)O)C1. The highest BCUT2D eigenvalue weighted by molar-refractivity contribution is 5.74. The molecule has 0 aromatic heterocycles. The lowest BCUT2D eigenvalue weighted by molar-refractivity contribution is -0.155. The van der Waals surface area contributed by atoms with Crippen LogP contribution in [0.25, 0.3) is 0 Å². The number of carboxylic acids is 1. The lowest BCUT2D eigenvalue weighted by atomic mass is 9.66. The summed E-state index contributed by atoms with van der Waals surface area (Å²) >= 11 is 0. The van der Waals surface area contributed by atoms with Crippen molar-refractivity contribution in [2.24, 2.45) is 11.3 Å².